The molecule has 0 heterocycles. The number of nitrogens with zero attached hydrogens (tertiary/aromatic N) is 1. The van der Waals surface area contributed by atoms with E-state index in [2.05, 4.69) is 5.18 Å². The van der Waals surface area contributed by atoms with Gasteiger partial charge in [-0.25, -0.2) is 0 Å². The van der Waals surface area contributed by atoms with Crippen LogP contribution in [0.3, 0.4) is 0 Å². The van der Waals surface area contributed by atoms with Gasteiger partial charge < -0.3 is 0 Å². The van der Waals surface area contributed by atoms with Gasteiger partial charge in [-0.1, -0.05) is 5.18 Å². The Morgan fingerprint density at radius 1 is 1.27 bits per heavy atom. The van der Waals surface area contributed by atoms with E-state index in [9.17, 15) is 4.91 Å². The number of halogens is 2. The normalized spacial score (nSPS) is 54.9. The number of rotatable bonds is 1. The van der Waals surface area contributed by atoms with Crippen LogP contribution < -0.4 is 0 Å². The lowest BCUT2D eigenvalue weighted by Crippen LogP contribution is -2.31. The highest BCUT2D eigenvalue weighted by Crippen LogP contribution is 2.50. The van der Waals surface area contributed by atoms with Gasteiger partial charge in [-0.2, -0.15) is 4.91 Å². The molecule has 0 amide bonds. The van der Waals surface area contributed by atoms with Gasteiger partial charge in [0.15, 0.2) is 0 Å². The summed E-state index contributed by atoms with van der Waals surface area (Å²) in [5.41, 5.74) is 0. The second kappa shape index (κ2) is 2.60. The number of nitroso groups, excluding NO2 is 1. The molecule has 4 heteroatoms. The molecular weight excluding hydrogens is 185 g/mol. The molecule has 5 unspecified atom stereocenters. The summed E-state index contributed by atoms with van der Waals surface area (Å²) in [6.07, 6.45) is 1.92. The Labute approximate surface area is 75.2 Å². The third-order valence-electron chi connectivity index (χ3n) is 2.91. The fourth-order valence-electron chi connectivity index (χ4n) is 2.32. The predicted molar refractivity (Wildman–Crippen MR) is 45.1 cm³/mol. The summed E-state index contributed by atoms with van der Waals surface area (Å²) in [6.45, 7) is 0. The predicted octanol–water partition coefficient (Wildman–Crippen LogP) is 2.38. The van der Waals surface area contributed by atoms with Crippen molar-refractivity contribution in [3.63, 3.8) is 0 Å². The van der Waals surface area contributed by atoms with Crippen LogP contribution in [0.25, 0.3) is 0 Å². The second-order valence-electron chi connectivity index (χ2n) is 3.45. The quantitative estimate of drug-likeness (QED) is 0.465. The zero-order valence-corrected chi connectivity index (χ0v) is 7.42. The fraction of sp³-hybridized carbons (Fsp3) is 1.00. The molecule has 2 rings (SSSR count). The minimum atomic E-state index is -0.170. The lowest BCUT2D eigenvalue weighted by molar-refractivity contribution is 0.429. The molecule has 2 nitrogen and oxygen atoms in total. The monoisotopic (exact) mass is 193 g/mol. The summed E-state index contributed by atoms with van der Waals surface area (Å²) in [7, 11) is 0. The Morgan fingerprint density at radius 2 is 2.00 bits per heavy atom. The molecule has 2 aliphatic rings. The number of fused-ring (bicyclic) bond motifs is 2. The molecule has 2 saturated carbocycles. The van der Waals surface area contributed by atoms with Gasteiger partial charge in [-0.3, -0.25) is 0 Å². The zero-order valence-electron chi connectivity index (χ0n) is 5.91. The van der Waals surface area contributed by atoms with Gasteiger partial charge >= 0.3 is 0 Å². The van der Waals surface area contributed by atoms with Crippen molar-refractivity contribution in [3.05, 3.63) is 4.91 Å². The van der Waals surface area contributed by atoms with Gasteiger partial charge in [0.05, 0.1) is 5.38 Å². The van der Waals surface area contributed by atoms with Crippen molar-refractivity contribution >= 4 is 23.2 Å². The van der Waals surface area contributed by atoms with Crippen LogP contribution in [0.1, 0.15) is 12.8 Å². The SMILES string of the molecule is O=NC1C2CC(Cl)C(C2)C1Cl. The first-order valence-corrected chi connectivity index (χ1v) is 4.72. The highest BCUT2D eigenvalue weighted by atomic mass is 35.5. The van der Waals surface area contributed by atoms with Crippen molar-refractivity contribution in [2.75, 3.05) is 0 Å². The number of hydrogen-bond acceptors (Lipinski definition) is 2. The molecule has 0 spiro atoms. The Morgan fingerprint density at radius 3 is 2.45 bits per heavy atom. The minimum absolute atomic E-state index is 0.103. The van der Waals surface area contributed by atoms with Gasteiger partial charge in [0.2, 0.25) is 0 Å². The standard InChI is InChI=1S/C7H9Cl2NO/c8-5-2-3-1-4(5)6(9)7(3)10-11/h3-7H,1-2H2. The molecule has 2 bridgehead atoms. The summed E-state index contributed by atoms with van der Waals surface area (Å²) in [5, 5.41) is 3.12. The highest BCUT2D eigenvalue weighted by Gasteiger charge is 2.52. The van der Waals surface area contributed by atoms with E-state index in [0.29, 0.717) is 11.8 Å². The summed E-state index contributed by atoms with van der Waals surface area (Å²) >= 11 is 12.0. The van der Waals surface area contributed by atoms with Crippen LogP contribution in [0.2, 0.25) is 0 Å². The molecule has 0 aromatic heterocycles. The van der Waals surface area contributed by atoms with E-state index in [4.69, 9.17) is 23.2 Å². The molecule has 2 fully saturated rings. The van der Waals surface area contributed by atoms with Crippen LogP contribution in [0, 0.1) is 16.7 Å². The first-order chi connectivity index (χ1) is 5.24. The summed E-state index contributed by atoms with van der Waals surface area (Å²) in [4.78, 5) is 10.3. The van der Waals surface area contributed by atoms with E-state index in [-0.39, 0.29) is 16.8 Å². The molecule has 2 aliphatic carbocycles. The average molecular weight is 194 g/mol. The van der Waals surface area contributed by atoms with Gasteiger partial charge in [0, 0.05) is 5.38 Å². The van der Waals surface area contributed by atoms with Crippen LogP contribution in [0.5, 0.6) is 0 Å². The molecule has 0 saturated heterocycles. The zero-order chi connectivity index (χ0) is 8.01. The van der Waals surface area contributed by atoms with Crippen molar-refractivity contribution in [3.8, 4) is 0 Å². The van der Waals surface area contributed by atoms with E-state index in [1.807, 2.05) is 0 Å². The summed E-state index contributed by atoms with van der Waals surface area (Å²) in [6, 6.07) is -0.170. The second-order valence-corrected chi connectivity index (χ2v) is 4.52. The van der Waals surface area contributed by atoms with Crippen molar-refractivity contribution in [2.24, 2.45) is 17.0 Å². The van der Waals surface area contributed by atoms with E-state index >= 15 is 0 Å². The largest absolute Gasteiger partial charge is 0.150 e. The van der Waals surface area contributed by atoms with E-state index in [1.165, 1.54) is 0 Å². The van der Waals surface area contributed by atoms with Crippen LogP contribution >= 0.6 is 23.2 Å². The highest BCUT2D eigenvalue weighted by molar-refractivity contribution is 6.25. The topological polar surface area (TPSA) is 29.4 Å². The van der Waals surface area contributed by atoms with Gasteiger partial charge in [-0.15, -0.1) is 23.2 Å². The summed E-state index contributed by atoms with van der Waals surface area (Å²) < 4.78 is 0. The number of hydrogen-bond donors (Lipinski definition) is 0. The Hall–Kier alpha value is 0.180. The van der Waals surface area contributed by atoms with Crippen molar-refractivity contribution in [2.45, 2.75) is 29.6 Å². The molecule has 0 aliphatic heterocycles. The lowest BCUT2D eigenvalue weighted by Gasteiger charge is -2.23. The molecular formula is C7H9Cl2NO. The Balaban J connectivity index is 2.17. The van der Waals surface area contributed by atoms with Gasteiger partial charge in [0.25, 0.3) is 0 Å². The third-order valence-corrected chi connectivity index (χ3v) is 3.99. The van der Waals surface area contributed by atoms with Crippen molar-refractivity contribution < 1.29 is 0 Å². The Bertz CT molecular complexity index is 185. The van der Waals surface area contributed by atoms with Crippen LogP contribution in [0.4, 0.5) is 0 Å². The van der Waals surface area contributed by atoms with Crippen LogP contribution in [0.15, 0.2) is 5.18 Å². The van der Waals surface area contributed by atoms with Crippen molar-refractivity contribution in [1.82, 2.24) is 0 Å². The first kappa shape index (κ1) is 7.81. The third kappa shape index (κ3) is 0.994. The van der Waals surface area contributed by atoms with E-state index < -0.39 is 0 Å². The lowest BCUT2D eigenvalue weighted by atomic mass is 9.95. The molecule has 0 aromatic carbocycles. The molecule has 11 heavy (non-hydrogen) atoms. The van der Waals surface area contributed by atoms with Crippen molar-refractivity contribution in [1.29, 1.82) is 0 Å². The maximum atomic E-state index is 10.3. The average Bonchev–Trinajstić information content (AvgIpc) is 2.44. The molecule has 0 radical (unpaired) electrons. The molecule has 0 N–H and O–H groups in total. The number of alkyl halides is 2. The van der Waals surface area contributed by atoms with E-state index in [0.717, 1.165) is 12.8 Å². The minimum Gasteiger partial charge on any atom is -0.150 e. The molecule has 62 valence electrons. The van der Waals surface area contributed by atoms with Crippen LogP contribution in [-0.4, -0.2) is 16.8 Å². The fourth-order valence-corrected chi connectivity index (χ4v) is 3.42. The maximum Gasteiger partial charge on any atom is 0.111 e. The molecule has 5 atom stereocenters. The van der Waals surface area contributed by atoms with Gasteiger partial charge in [0.1, 0.15) is 6.04 Å². The Kier molecular flexibility index (Phi) is 1.84. The maximum absolute atomic E-state index is 10.3. The van der Waals surface area contributed by atoms with Crippen LogP contribution in [-0.2, 0) is 0 Å². The smallest absolute Gasteiger partial charge is 0.111 e. The van der Waals surface area contributed by atoms with Gasteiger partial charge in [-0.05, 0) is 24.7 Å². The summed E-state index contributed by atoms with van der Waals surface area (Å²) in [5.74, 6) is 0.688. The molecule has 0 aromatic rings. The first-order valence-electron chi connectivity index (χ1n) is 3.84. The van der Waals surface area contributed by atoms with E-state index in [1.54, 1.807) is 0 Å².